The van der Waals surface area contributed by atoms with E-state index in [-0.39, 0.29) is 17.9 Å². The quantitative estimate of drug-likeness (QED) is 0.697. The van der Waals surface area contributed by atoms with Crippen LogP contribution in [0.3, 0.4) is 0 Å². The zero-order valence-electron chi connectivity index (χ0n) is 17.8. The van der Waals surface area contributed by atoms with Gasteiger partial charge >= 0.3 is 5.97 Å². The molecule has 0 spiro atoms. The minimum absolute atomic E-state index is 0.112. The molecule has 0 bridgehead atoms. The molecule has 0 radical (unpaired) electrons. The SMILES string of the molecule is COC(=O)c1c(NC(=O)COc2ccccc2C)sc2c1CCC(C(C)(C)C)C2. The first kappa shape index (κ1) is 21.4. The number of thiophene rings is 1. The molecule has 6 heteroatoms. The summed E-state index contributed by atoms with van der Waals surface area (Å²) in [6, 6.07) is 7.56. The molecule has 5 nitrogen and oxygen atoms in total. The van der Waals surface area contributed by atoms with E-state index in [1.54, 1.807) is 0 Å². The molecule has 29 heavy (non-hydrogen) atoms. The highest BCUT2D eigenvalue weighted by atomic mass is 32.1. The van der Waals surface area contributed by atoms with Gasteiger partial charge in [0, 0.05) is 4.88 Å². The van der Waals surface area contributed by atoms with Gasteiger partial charge in [0.1, 0.15) is 10.8 Å². The number of methoxy groups -OCH3 is 1. The van der Waals surface area contributed by atoms with E-state index in [1.165, 1.54) is 23.3 Å². The van der Waals surface area contributed by atoms with Crippen LogP contribution in [0.4, 0.5) is 5.00 Å². The molecule has 1 aliphatic rings. The molecule has 1 amide bonds. The molecule has 1 heterocycles. The van der Waals surface area contributed by atoms with Crippen LogP contribution in [0.1, 0.15) is 53.6 Å². The number of fused-ring (bicyclic) bond motifs is 1. The Kier molecular flexibility index (Phi) is 6.32. The molecule has 0 aliphatic heterocycles. The molecule has 0 saturated heterocycles. The van der Waals surface area contributed by atoms with Gasteiger partial charge in [-0.05, 0) is 54.7 Å². The number of amides is 1. The Morgan fingerprint density at radius 2 is 1.97 bits per heavy atom. The summed E-state index contributed by atoms with van der Waals surface area (Å²) in [5, 5.41) is 3.44. The second-order valence-corrected chi connectivity index (χ2v) is 9.71. The molecule has 1 aromatic carbocycles. The van der Waals surface area contributed by atoms with Crippen molar-refractivity contribution in [2.24, 2.45) is 11.3 Å². The monoisotopic (exact) mass is 415 g/mol. The number of rotatable bonds is 5. The summed E-state index contributed by atoms with van der Waals surface area (Å²) in [5.74, 6) is 0.539. The number of para-hydroxylation sites is 1. The summed E-state index contributed by atoms with van der Waals surface area (Å²) in [4.78, 5) is 26.1. The fraction of sp³-hybridized carbons (Fsp3) is 0.478. The molecular weight excluding hydrogens is 386 g/mol. The second kappa shape index (κ2) is 8.57. The molecule has 3 rings (SSSR count). The van der Waals surface area contributed by atoms with Gasteiger partial charge in [-0.1, -0.05) is 39.0 Å². The maximum atomic E-state index is 12.5. The van der Waals surface area contributed by atoms with E-state index in [9.17, 15) is 9.59 Å². The van der Waals surface area contributed by atoms with E-state index in [0.717, 1.165) is 30.4 Å². The summed E-state index contributed by atoms with van der Waals surface area (Å²) < 4.78 is 10.6. The third-order valence-corrected chi connectivity index (χ3v) is 6.75. The van der Waals surface area contributed by atoms with Gasteiger partial charge in [0.15, 0.2) is 6.61 Å². The Bertz CT molecular complexity index is 910. The van der Waals surface area contributed by atoms with Crippen LogP contribution < -0.4 is 10.1 Å². The van der Waals surface area contributed by atoms with Gasteiger partial charge in [0.25, 0.3) is 5.91 Å². The lowest BCUT2D eigenvalue weighted by Gasteiger charge is -2.33. The third kappa shape index (κ3) is 4.81. The number of ether oxygens (including phenoxy) is 2. The summed E-state index contributed by atoms with van der Waals surface area (Å²) in [5.41, 5.74) is 2.70. The molecule has 1 unspecified atom stereocenters. The number of anilines is 1. The Morgan fingerprint density at radius 3 is 2.62 bits per heavy atom. The Hall–Kier alpha value is -2.34. The van der Waals surface area contributed by atoms with E-state index < -0.39 is 5.97 Å². The molecule has 0 saturated carbocycles. The van der Waals surface area contributed by atoms with Crippen molar-refractivity contribution in [3.05, 3.63) is 45.8 Å². The summed E-state index contributed by atoms with van der Waals surface area (Å²) in [6.45, 7) is 8.58. The van der Waals surface area contributed by atoms with Crippen LogP contribution in [0.15, 0.2) is 24.3 Å². The molecule has 1 N–H and O–H groups in total. The number of esters is 1. The average molecular weight is 416 g/mol. The zero-order valence-corrected chi connectivity index (χ0v) is 18.6. The number of carbonyl (C=O) groups excluding carboxylic acids is 2. The average Bonchev–Trinajstić information content (AvgIpc) is 3.03. The van der Waals surface area contributed by atoms with Crippen molar-refractivity contribution >= 4 is 28.2 Å². The Morgan fingerprint density at radius 1 is 1.24 bits per heavy atom. The van der Waals surface area contributed by atoms with Gasteiger partial charge in [0.2, 0.25) is 0 Å². The van der Waals surface area contributed by atoms with Crippen molar-refractivity contribution in [2.45, 2.75) is 47.0 Å². The molecule has 0 fully saturated rings. The Labute approximate surface area is 176 Å². The second-order valence-electron chi connectivity index (χ2n) is 8.61. The molecule has 156 valence electrons. The van der Waals surface area contributed by atoms with Crippen molar-refractivity contribution in [1.82, 2.24) is 0 Å². The first-order valence-corrected chi connectivity index (χ1v) is 10.7. The largest absolute Gasteiger partial charge is 0.483 e. The minimum atomic E-state index is -0.396. The minimum Gasteiger partial charge on any atom is -0.483 e. The normalized spacial score (nSPS) is 16.1. The fourth-order valence-corrected chi connectivity index (χ4v) is 5.09. The molecular formula is C23H29NO4S. The van der Waals surface area contributed by atoms with Crippen LogP contribution >= 0.6 is 11.3 Å². The van der Waals surface area contributed by atoms with Gasteiger partial charge in [-0.3, -0.25) is 4.79 Å². The third-order valence-electron chi connectivity index (χ3n) is 5.58. The lowest BCUT2D eigenvalue weighted by atomic mass is 9.72. The number of carbonyl (C=O) groups is 2. The van der Waals surface area contributed by atoms with Gasteiger partial charge in [-0.25, -0.2) is 4.79 Å². The van der Waals surface area contributed by atoms with Crippen molar-refractivity contribution < 1.29 is 19.1 Å². The lowest BCUT2D eigenvalue weighted by molar-refractivity contribution is -0.118. The lowest BCUT2D eigenvalue weighted by Crippen LogP contribution is -2.26. The maximum Gasteiger partial charge on any atom is 0.341 e. The molecule has 1 aliphatic carbocycles. The Balaban J connectivity index is 1.78. The first-order valence-electron chi connectivity index (χ1n) is 9.91. The molecule has 1 atom stereocenters. The van der Waals surface area contributed by atoms with E-state index in [2.05, 4.69) is 26.1 Å². The first-order chi connectivity index (χ1) is 13.7. The zero-order chi connectivity index (χ0) is 21.2. The summed E-state index contributed by atoms with van der Waals surface area (Å²) in [7, 11) is 1.38. The number of aryl methyl sites for hydroxylation is 1. The van der Waals surface area contributed by atoms with E-state index in [1.807, 2.05) is 31.2 Å². The van der Waals surface area contributed by atoms with Gasteiger partial charge < -0.3 is 14.8 Å². The van der Waals surface area contributed by atoms with Crippen LogP contribution in [-0.2, 0) is 22.4 Å². The highest BCUT2D eigenvalue weighted by Crippen LogP contribution is 2.44. The highest BCUT2D eigenvalue weighted by Gasteiger charge is 2.34. The molecule has 2 aromatic rings. The predicted molar refractivity (Wildman–Crippen MR) is 116 cm³/mol. The van der Waals surface area contributed by atoms with Crippen molar-refractivity contribution in [3.63, 3.8) is 0 Å². The van der Waals surface area contributed by atoms with E-state index in [4.69, 9.17) is 9.47 Å². The van der Waals surface area contributed by atoms with Crippen LogP contribution in [0, 0.1) is 18.3 Å². The predicted octanol–water partition coefficient (Wildman–Crippen LogP) is 5.01. The highest BCUT2D eigenvalue weighted by molar-refractivity contribution is 7.17. The van der Waals surface area contributed by atoms with Gasteiger partial charge in [0.05, 0.1) is 12.7 Å². The van der Waals surface area contributed by atoms with Crippen LogP contribution in [0.25, 0.3) is 0 Å². The van der Waals surface area contributed by atoms with Gasteiger partial charge in [-0.15, -0.1) is 11.3 Å². The number of hydrogen-bond donors (Lipinski definition) is 1. The topological polar surface area (TPSA) is 64.6 Å². The molecule has 1 aromatic heterocycles. The summed E-state index contributed by atoms with van der Waals surface area (Å²) >= 11 is 1.49. The van der Waals surface area contributed by atoms with Crippen molar-refractivity contribution in [2.75, 3.05) is 19.0 Å². The smallest absolute Gasteiger partial charge is 0.341 e. The van der Waals surface area contributed by atoms with E-state index in [0.29, 0.717) is 22.2 Å². The van der Waals surface area contributed by atoms with Crippen molar-refractivity contribution in [3.8, 4) is 5.75 Å². The van der Waals surface area contributed by atoms with Gasteiger partial charge in [-0.2, -0.15) is 0 Å². The van der Waals surface area contributed by atoms with Crippen LogP contribution in [-0.4, -0.2) is 25.6 Å². The fourth-order valence-electron chi connectivity index (χ4n) is 3.76. The van der Waals surface area contributed by atoms with E-state index >= 15 is 0 Å². The number of hydrogen-bond acceptors (Lipinski definition) is 5. The number of nitrogens with one attached hydrogen (secondary N) is 1. The number of benzene rings is 1. The van der Waals surface area contributed by atoms with Crippen LogP contribution in [0.5, 0.6) is 5.75 Å². The standard InChI is InChI=1S/C23H29NO4S/c1-14-8-6-7-9-17(14)28-13-19(25)24-21-20(22(26)27-5)16-11-10-15(23(2,3)4)12-18(16)29-21/h6-9,15H,10-13H2,1-5H3,(H,24,25). The summed E-state index contributed by atoms with van der Waals surface area (Å²) in [6.07, 6.45) is 2.78. The van der Waals surface area contributed by atoms with Crippen LogP contribution in [0.2, 0.25) is 0 Å². The maximum absolute atomic E-state index is 12.5. The van der Waals surface area contributed by atoms with Crippen molar-refractivity contribution in [1.29, 1.82) is 0 Å².